The van der Waals surface area contributed by atoms with E-state index in [1.165, 1.54) is 0 Å². The van der Waals surface area contributed by atoms with Gasteiger partial charge >= 0.3 is 7.12 Å². The van der Waals surface area contributed by atoms with E-state index in [2.05, 4.69) is 57.5 Å². The van der Waals surface area contributed by atoms with Crippen molar-refractivity contribution >= 4 is 24.9 Å². The highest BCUT2D eigenvalue weighted by atomic mass is 16.7. The van der Waals surface area contributed by atoms with Gasteiger partial charge in [0.2, 0.25) is 11.8 Å². The third-order valence-corrected chi connectivity index (χ3v) is 9.68. The third kappa shape index (κ3) is 8.58. The van der Waals surface area contributed by atoms with Gasteiger partial charge in [-0.25, -0.2) is 10.1 Å². The van der Waals surface area contributed by atoms with E-state index in [1.807, 2.05) is 0 Å². The summed E-state index contributed by atoms with van der Waals surface area (Å²) in [6, 6.07) is -0.784. The fraction of sp³-hybridized carbons (Fsp3) is 0.897. The van der Waals surface area contributed by atoms with E-state index in [0.29, 0.717) is 37.5 Å². The van der Waals surface area contributed by atoms with Crippen LogP contribution in [-0.4, -0.2) is 60.2 Å². The molecule has 3 aliphatic carbocycles. The van der Waals surface area contributed by atoms with Crippen LogP contribution < -0.4 is 21.4 Å². The molecule has 1 heterocycles. The van der Waals surface area contributed by atoms with Crippen LogP contribution in [0.2, 0.25) is 0 Å². The normalized spacial score (nSPS) is 26.9. The molecule has 1 aliphatic heterocycles. The zero-order chi connectivity index (χ0) is 31.1. The van der Waals surface area contributed by atoms with Gasteiger partial charge in [0.25, 0.3) is 5.96 Å². The number of nitro groups is 1. The number of rotatable bonds is 17. The summed E-state index contributed by atoms with van der Waals surface area (Å²) >= 11 is 0. The molecule has 0 aromatic heterocycles. The number of carbonyl (C=O) groups is 2. The highest BCUT2D eigenvalue weighted by molar-refractivity contribution is 6.48. The first-order valence-corrected chi connectivity index (χ1v) is 15.9. The van der Waals surface area contributed by atoms with Gasteiger partial charge in [-0.1, -0.05) is 65.7 Å². The molecule has 0 unspecified atom stereocenters. The fourth-order valence-corrected chi connectivity index (χ4v) is 7.18. The molecule has 0 spiro atoms. The molecule has 1 saturated heterocycles. The highest BCUT2D eigenvalue weighted by Crippen LogP contribution is 2.65. The lowest BCUT2D eigenvalue weighted by molar-refractivity contribution is -0.525. The van der Waals surface area contributed by atoms with Crippen molar-refractivity contribution in [2.24, 2.45) is 23.2 Å². The van der Waals surface area contributed by atoms with Gasteiger partial charge in [0, 0.05) is 13.0 Å². The van der Waals surface area contributed by atoms with E-state index in [1.54, 1.807) is 5.43 Å². The summed E-state index contributed by atoms with van der Waals surface area (Å²) in [7, 11) is -0.563. The number of hydrazine groups is 1. The minimum Gasteiger partial charge on any atom is -0.404 e. The van der Waals surface area contributed by atoms with Crippen molar-refractivity contribution in [3.8, 4) is 0 Å². The summed E-state index contributed by atoms with van der Waals surface area (Å²) in [5.74, 6) is 0.0494. The Morgan fingerprint density at radius 3 is 2.45 bits per heavy atom. The van der Waals surface area contributed by atoms with E-state index in [9.17, 15) is 19.7 Å². The van der Waals surface area contributed by atoms with Gasteiger partial charge in [0.1, 0.15) is 6.04 Å². The summed E-state index contributed by atoms with van der Waals surface area (Å²) in [6.45, 7) is 13.4. The van der Waals surface area contributed by atoms with Gasteiger partial charge in [-0.05, 0) is 68.6 Å². The standard InChI is InChI=1S/C29H53BN6O6/c1-7-8-9-10-11-14-25(37)33-21(13-12-15-32-27(31)35-36(39)40)26(38)34-24(16-19(2)3)30-41-23-18-20-17-22(28(20,4)5)29(23,6)42-30/h19-24H,7-18H2,1-6H3,(H,33,37)(H,34,38)(H3,31,32,35)/t20-,21-,22-,23+,24-,29-/m0/s1. The molecule has 2 amide bonds. The van der Waals surface area contributed by atoms with Gasteiger partial charge in [0.15, 0.2) is 5.03 Å². The van der Waals surface area contributed by atoms with Crippen LogP contribution in [-0.2, 0) is 18.9 Å². The van der Waals surface area contributed by atoms with Crippen molar-refractivity contribution in [2.75, 3.05) is 6.54 Å². The Labute approximate surface area is 251 Å². The molecule has 3 saturated carbocycles. The van der Waals surface area contributed by atoms with Crippen molar-refractivity contribution in [3.63, 3.8) is 0 Å². The molecule has 5 N–H and O–H groups in total. The summed E-state index contributed by atoms with van der Waals surface area (Å²) in [6.07, 6.45) is 8.95. The monoisotopic (exact) mass is 592 g/mol. The molecule has 6 atom stereocenters. The van der Waals surface area contributed by atoms with Crippen LogP contribution in [0.3, 0.4) is 0 Å². The number of nitrogens with one attached hydrogen (secondary N) is 5. The van der Waals surface area contributed by atoms with Crippen molar-refractivity contribution in [1.29, 1.82) is 5.41 Å². The predicted octanol–water partition coefficient (Wildman–Crippen LogP) is 3.72. The predicted molar refractivity (Wildman–Crippen MR) is 162 cm³/mol. The maximum absolute atomic E-state index is 13.7. The first kappa shape index (κ1) is 34.1. The quantitative estimate of drug-likeness (QED) is 0.0425. The molecule has 4 fully saturated rings. The average Bonchev–Trinajstić information content (AvgIpc) is 3.26. The second kappa shape index (κ2) is 14.9. The zero-order valence-corrected chi connectivity index (χ0v) is 26.4. The second-order valence-corrected chi connectivity index (χ2v) is 13.7. The van der Waals surface area contributed by atoms with Crippen LogP contribution in [0, 0.1) is 38.7 Å². The summed E-state index contributed by atoms with van der Waals surface area (Å²) in [5.41, 5.74) is 1.58. The molecule has 12 nitrogen and oxygen atoms in total. The maximum atomic E-state index is 13.7. The Morgan fingerprint density at radius 2 is 1.81 bits per heavy atom. The molecule has 0 aromatic carbocycles. The Bertz CT molecular complexity index is 967. The van der Waals surface area contributed by atoms with Crippen LogP contribution >= 0.6 is 0 Å². The minimum atomic E-state index is -0.810. The molecule has 238 valence electrons. The number of nitrogens with zero attached hydrogens (tertiary/aromatic N) is 1. The zero-order valence-electron chi connectivity index (χ0n) is 26.4. The topological polar surface area (TPSA) is 168 Å². The number of guanidine groups is 1. The van der Waals surface area contributed by atoms with E-state index in [0.717, 1.165) is 44.9 Å². The van der Waals surface area contributed by atoms with Crippen molar-refractivity contribution in [3.05, 3.63) is 10.1 Å². The van der Waals surface area contributed by atoms with E-state index in [4.69, 9.17) is 14.7 Å². The molecular formula is C29H53BN6O6. The van der Waals surface area contributed by atoms with Crippen LogP contribution in [0.4, 0.5) is 0 Å². The molecule has 4 rings (SSSR count). The van der Waals surface area contributed by atoms with Crippen LogP contribution in [0.15, 0.2) is 0 Å². The number of unbranched alkanes of at least 4 members (excludes halogenated alkanes) is 4. The summed E-state index contributed by atoms with van der Waals surface area (Å²) < 4.78 is 13.2. The second-order valence-electron chi connectivity index (χ2n) is 13.7. The van der Waals surface area contributed by atoms with Crippen LogP contribution in [0.5, 0.6) is 0 Å². The van der Waals surface area contributed by atoms with E-state index >= 15 is 0 Å². The highest BCUT2D eigenvalue weighted by Gasteiger charge is 2.68. The van der Waals surface area contributed by atoms with Gasteiger partial charge in [-0.2, -0.15) is 0 Å². The molecule has 4 aliphatic rings. The number of amides is 2. The Hall–Kier alpha value is -2.41. The fourth-order valence-electron chi connectivity index (χ4n) is 7.18. The van der Waals surface area contributed by atoms with Gasteiger partial charge < -0.3 is 25.3 Å². The first-order valence-electron chi connectivity index (χ1n) is 15.9. The number of carbonyl (C=O) groups excluding carboxylic acids is 2. The Balaban J connectivity index is 1.64. The SMILES string of the molecule is CCCCCCCC(=O)N[C@@H](CCCNC(=N)N[N+](=O)[O-])C(=O)N[C@@H](CC(C)C)B1O[C@@H]2C[C@@H]3C[C@@H](C3(C)C)[C@]2(C)O1. The number of hydrogen-bond acceptors (Lipinski definition) is 7. The lowest BCUT2D eigenvalue weighted by atomic mass is 9.43. The van der Waals surface area contributed by atoms with E-state index in [-0.39, 0.29) is 47.3 Å². The molecule has 13 heteroatoms. The van der Waals surface area contributed by atoms with Gasteiger partial charge in [-0.15, -0.1) is 0 Å². The molecular weight excluding hydrogens is 539 g/mol. The molecule has 0 aromatic rings. The smallest absolute Gasteiger partial charge is 0.404 e. The van der Waals surface area contributed by atoms with E-state index < -0.39 is 24.2 Å². The largest absolute Gasteiger partial charge is 0.481 e. The minimum absolute atomic E-state index is 0.00298. The average molecular weight is 593 g/mol. The van der Waals surface area contributed by atoms with Crippen molar-refractivity contribution < 1.29 is 23.9 Å². The lowest BCUT2D eigenvalue weighted by Crippen LogP contribution is -2.65. The number of hydrogen-bond donors (Lipinski definition) is 5. The molecule has 2 bridgehead atoms. The van der Waals surface area contributed by atoms with Crippen LogP contribution in [0.25, 0.3) is 0 Å². The first-order chi connectivity index (χ1) is 19.8. The molecule has 0 radical (unpaired) electrons. The van der Waals surface area contributed by atoms with Gasteiger partial charge in [0.05, 0.1) is 17.6 Å². The summed E-state index contributed by atoms with van der Waals surface area (Å²) in [5, 5.41) is 26.0. The van der Waals surface area contributed by atoms with Crippen molar-refractivity contribution in [1.82, 2.24) is 21.4 Å². The third-order valence-electron chi connectivity index (χ3n) is 9.68. The summed E-state index contributed by atoms with van der Waals surface area (Å²) in [4.78, 5) is 37.0. The van der Waals surface area contributed by atoms with Crippen LogP contribution in [0.1, 0.15) is 112 Å². The van der Waals surface area contributed by atoms with Gasteiger partial charge in [-0.3, -0.25) is 15.0 Å². The maximum Gasteiger partial charge on any atom is 0.481 e. The Kier molecular flexibility index (Phi) is 12.1. The Morgan fingerprint density at radius 1 is 1.10 bits per heavy atom. The molecule has 42 heavy (non-hydrogen) atoms. The lowest BCUT2D eigenvalue weighted by Gasteiger charge is -2.64. The van der Waals surface area contributed by atoms with Crippen molar-refractivity contribution in [2.45, 2.75) is 136 Å².